The molecule has 0 aliphatic carbocycles. The second kappa shape index (κ2) is 8.32. The van der Waals surface area contributed by atoms with Gasteiger partial charge in [-0.1, -0.05) is 13.5 Å². The summed E-state index contributed by atoms with van der Waals surface area (Å²) in [5.41, 5.74) is -3.30. The first kappa shape index (κ1) is 23.2. The van der Waals surface area contributed by atoms with E-state index in [0.717, 1.165) is 6.92 Å². The van der Waals surface area contributed by atoms with Crippen LogP contribution in [0.5, 0.6) is 5.88 Å². The van der Waals surface area contributed by atoms with Crippen molar-refractivity contribution in [2.24, 2.45) is 0 Å². The molecular weight excluding hydrogens is 419 g/mol. The monoisotopic (exact) mass is 436 g/mol. The molecule has 0 spiro atoms. The van der Waals surface area contributed by atoms with Crippen LogP contribution in [0.3, 0.4) is 0 Å². The highest BCUT2D eigenvalue weighted by Crippen LogP contribution is 2.42. The number of nitro groups is 1. The first-order chi connectivity index (χ1) is 13.8. The lowest BCUT2D eigenvalue weighted by Gasteiger charge is -2.17. The molecule has 0 fully saturated rings. The fourth-order valence-electron chi connectivity index (χ4n) is 2.20. The second-order valence-corrected chi connectivity index (χ2v) is 6.35. The minimum atomic E-state index is -5.00. The third-order valence-corrected chi connectivity index (χ3v) is 4.22. The number of aromatic nitrogens is 3. The Morgan fingerprint density at radius 3 is 2.43 bits per heavy atom. The van der Waals surface area contributed by atoms with Gasteiger partial charge in [-0.2, -0.15) is 13.2 Å². The minimum absolute atomic E-state index is 0.228. The zero-order chi connectivity index (χ0) is 22.9. The van der Waals surface area contributed by atoms with Gasteiger partial charge in [0.15, 0.2) is 0 Å². The molecule has 0 bridgehead atoms. The molecule has 164 valence electrons. The predicted octanol–water partition coefficient (Wildman–Crippen LogP) is 5.16. The van der Waals surface area contributed by atoms with Gasteiger partial charge < -0.3 is 9.15 Å². The van der Waals surface area contributed by atoms with E-state index in [2.05, 4.69) is 21.8 Å². The Hall–Kier alpha value is -3.12. The maximum absolute atomic E-state index is 13.8. The average Bonchev–Trinajstić information content (AvgIpc) is 3.15. The summed E-state index contributed by atoms with van der Waals surface area (Å²) < 4.78 is 77.9. The highest BCUT2D eigenvalue weighted by molar-refractivity contribution is 5.64. The van der Waals surface area contributed by atoms with E-state index in [9.17, 15) is 32.1 Å². The molecule has 2 heterocycles. The quantitative estimate of drug-likeness (QED) is 0.244. The Balaban J connectivity index is 2.66. The van der Waals surface area contributed by atoms with Crippen molar-refractivity contribution in [3.8, 4) is 17.5 Å². The molecule has 2 aromatic heterocycles. The van der Waals surface area contributed by atoms with Gasteiger partial charge in [0.1, 0.15) is 11.5 Å². The Bertz CT molecular complexity index is 945. The van der Waals surface area contributed by atoms with Crippen molar-refractivity contribution in [1.82, 2.24) is 15.2 Å². The summed E-state index contributed by atoms with van der Waals surface area (Å²) in [6.45, 7) is 7.17. The molecule has 8 nitrogen and oxygen atoms in total. The Kier molecular flexibility index (Phi) is 6.42. The van der Waals surface area contributed by atoms with Crippen molar-refractivity contribution < 1.29 is 36.0 Å². The molecule has 2 atom stereocenters. The van der Waals surface area contributed by atoms with Crippen molar-refractivity contribution in [2.45, 2.75) is 51.3 Å². The van der Waals surface area contributed by atoms with Crippen LogP contribution in [0.25, 0.3) is 11.6 Å². The number of hydrogen-bond donors (Lipinski definition) is 0. The first-order valence-corrected chi connectivity index (χ1v) is 8.60. The fraction of sp³-hybridized carbons (Fsp3) is 0.471. The summed E-state index contributed by atoms with van der Waals surface area (Å²) in [5, 5.41) is 18.2. The molecule has 30 heavy (non-hydrogen) atoms. The normalized spacial score (nSPS) is 14.3. The van der Waals surface area contributed by atoms with Crippen LogP contribution in [-0.2, 0) is 6.18 Å². The lowest BCUT2D eigenvalue weighted by Crippen LogP contribution is -2.21. The van der Waals surface area contributed by atoms with E-state index in [1.165, 1.54) is 6.92 Å². The van der Waals surface area contributed by atoms with Crippen LogP contribution in [-0.4, -0.2) is 32.1 Å². The number of pyridine rings is 1. The van der Waals surface area contributed by atoms with Gasteiger partial charge in [0.2, 0.25) is 17.5 Å². The molecule has 1 unspecified atom stereocenters. The number of alkyl halides is 5. The molecule has 0 amide bonds. The molecular formula is C17H17F5N4O4. The van der Waals surface area contributed by atoms with Crippen molar-refractivity contribution >= 4 is 5.69 Å². The van der Waals surface area contributed by atoms with Crippen LogP contribution in [0.1, 0.15) is 44.6 Å². The lowest BCUT2D eigenvalue weighted by molar-refractivity contribution is -0.384. The predicted molar refractivity (Wildman–Crippen MR) is 93.1 cm³/mol. The number of nitrogens with zero attached hydrogens (tertiary/aromatic N) is 4. The summed E-state index contributed by atoms with van der Waals surface area (Å²) in [7, 11) is 0. The van der Waals surface area contributed by atoms with Crippen molar-refractivity contribution in [3.05, 3.63) is 40.3 Å². The maximum atomic E-state index is 13.8. The Morgan fingerprint density at radius 2 is 1.93 bits per heavy atom. The Morgan fingerprint density at radius 1 is 1.30 bits per heavy atom. The largest absolute Gasteiger partial charge is 0.474 e. The van der Waals surface area contributed by atoms with Gasteiger partial charge in [-0.3, -0.25) is 10.1 Å². The van der Waals surface area contributed by atoms with E-state index in [0.29, 0.717) is 12.5 Å². The summed E-state index contributed by atoms with van der Waals surface area (Å²) in [5.74, 6) is -7.31. The molecule has 0 radical (unpaired) electrons. The zero-order valence-corrected chi connectivity index (χ0v) is 16.0. The molecule has 13 heteroatoms. The van der Waals surface area contributed by atoms with Crippen LogP contribution >= 0.6 is 0 Å². The van der Waals surface area contributed by atoms with Gasteiger partial charge in [0, 0.05) is 6.07 Å². The van der Waals surface area contributed by atoms with Crippen molar-refractivity contribution in [1.29, 1.82) is 0 Å². The molecule has 0 saturated carbocycles. The fourth-order valence-corrected chi connectivity index (χ4v) is 2.20. The van der Waals surface area contributed by atoms with Gasteiger partial charge in [0.05, 0.1) is 11.0 Å². The molecule has 0 aromatic carbocycles. The van der Waals surface area contributed by atoms with E-state index >= 15 is 0 Å². The van der Waals surface area contributed by atoms with Gasteiger partial charge in [-0.25, -0.2) is 13.8 Å². The summed E-state index contributed by atoms with van der Waals surface area (Å²) in [6, 6.07) is 0.228. The van der Waals surface area contributed by atoms with E-state index in [-0.39, 0.29) is 6.07 Å². The summed E-state index contributed by atoms with van der Waals surface area (Å²) in [6.07, 6.45) is -5.01. The smallest absolute Gasteiger partial charge is 0.421 e. The molecule has 2 aromatic rings. The maximum Gasteiger partial charge on any atom is 0.421 e. The van der Waals surface area contributed by atoms with Gasteiger partial charge in [0.25, 0.3) is 11.8 Å². The second-order valence-electron chi connectivity index (χ2n) is 6.35. The number of ether oxygens (including phenoxy) is 1. The van der Waals surface area contributed by atoms with Crippen LogP contribution in [0.4, 0.5) is 27.6 Å². The van der Waals surface area contributed by atoms with Crippen molar-refractivity contribution in [2.75, 3.05) is 0 Å². The lowest BCUT2D eigenvalue weighted by atomic mass is 10.0. The van der Waals surface area contributed by atoms with Crippen LogP contribution in [0.15, 0.2) is 23.1 Å². The third-order valence-electron chi connectivity index (χ3n) is 4.22. The summed E-state index contributed by atoms with van der Waals surface area (Å²) in [4.78, 5) is 13.8. The summed E-state index contributed by atoms with van der Waals surface area (Å²) >= 11 is 0. The molecule has 0 aliphatic rings. The number of rotatable bonds is 8. The highest BCUT2D eigenvalue weighted by atomic mass is 19.4. The molecule has 0 aliphatic heterocycles. The SMILES string of the molecule is C=CC(F)(F)C(C)c1nnc(-c2nc(O[C@H](C)CC)c(C(F)(F)F)cc2[N+](=O)[O-])o1. The third kappa shape index (κ3) is 4.71. The van der Waals surface area contributed by atoms with E-state index in [4.69, 9.17) is 9.15 Å². The van der Waals surface area contributed by atoms with Crippen LogP contribution in [0.2, 0.25) is 0 Å². The standard InChI is InChI=1S/C17H17F5N4O4/c1-5-8(3)29-14-10(17(20,21)22)7-11(26(27)28)12(23-14)15-25-24-13(30-15)9(4)16(18,19)6-2/h6-9H,2,5H2,1,3-4H3/t8-,9?/m1/s1. The molecule has 2 rings (SSSR count). The van der Waals surface area contributed by atoms with E-state index < -0.39 is 63.7 Å². The zero-order valence-electron chi connectivity index (χ0n) is 16.0. The minimum Gasteiger partial charge on any atom is -0.474 e. The van der Waals surface area contributed by atoms with Crippen LogP contribution in [0, 0.1) is 10.1 Å². The van der Waals surface area contributed by atoms with E-state index in [1.54, 1.807) is 6.92 Å². The highest BCUT2D eigenvalue weighted by Gasteiger charge is 2.41. The number of halogens is 5. The van der Waals surface area contributed by atoms with Crippen molar-refractivity contribution in [3.63, 3.8) is 0 Å². The first-order valence-electron chi connectivity index (χ1n) is 8.60. The van der Waals surface area contributed by atoms with Gasteiger partial charge in [-0.05, 0) is 26.3 Å². The Labute approximate surface area is 166 Å². The van der Waals surface area contributed by atoms with Crippen LogP contribution < -0.4 is 4.74 Å². The molecule has 0 saturated heterocycles. The number of hydrogen-bond acceptors (Lipinski definition) is 7. The molecule has 0 N–H and O–H groups in total. The van der Waals surface area contributed by atoms with Gasteiger partial charge in [-0.15, -0.1) is 10.2 Å². The van der Waals surface area contributed by atoms with Gasteiger partial charge >= 0.3 is 11.9 Å². The topological polar surface area (TPSA) is 104 Å². The average molecular weight is 436 g/mol. The van der Waals surface area contributed by atoms with E-state index in [1.807, 2.05) is 0 Å². The number of allylic oxidation sites excluding steroid dienone is 1.